The molecule has 7 saturated carbocycles. The fraction of sp³-hybridized carbons (Fsp3) is 0.633. The van der Waals surface area contributed by atoms with Gasteiger partial charge in [-0.25, -0.2) is 4.79 Å². The third-order valence-corrected chi connectivity index (χ3v) is 17.9. The van der Waals surface area contributed by atoms with Crippen LogP contribution >= 0.6 is 0 Å². The predicted molar refractivity (Wildman–Crippen MR) is 214 cm³/mol. The third-order valence-electron chi connectivity index (χ3n) is 17.9. The van der Waals surface area contributed by atoms with Crippen LogP contribution in [0.15, 0.2) is 78.4 Å². The second-order valence-electron chi connectivity index (χ2n) is 20.5. The molecule has 0 saturated heterocycles. The summed E-state index contributed by atoms with van der Waals surface area (Å²) in [6.45, 7) is 7.89. The van der Waals surface area contributed by atoms with Crippen LogP contribution in [0, 0.1) is 56.7 Å². The van der Waals surface area contributed by atoms with Crippen LogP contribution in [0.1, 0.15) is 115 Å². The lowest BCUT2D eigenvalue weighted by atomic mass is 9.32. The molecule has 0 aliphatic heterocycles. The van der Waals surface area contributed by atoms with Gasteiger partial charge < -0.3 is 19.8 Å². The van der Waals surface area contributed by atoms with Crippen LogP contribution < -0.4 is 0 Å². The highest BCUT2D eigenvalue weighted by Crippen LogP contribution is 2.78. The predicted octanol–water partition coefficient (Wildman–Crippen LogP) is 9.80. The number of ether oxygens (including phenoxy) is 1. The Hall–Kier alpha value is -3.22. The molecule has 1 amide bonds. The molecule has 10 aliphatic carbocycles. The van der Waals surface area contributed by atoms with Crippen molar-refractivity contribution >= 4 is 11.9 Å². The molecule has 8 atom stereocenters. The SMILES string of the molecule is CCOC(=O)N(CC12CC3CC(CC(C3)C1)C2)CC1(O)CCC2C34C=CC5(C=C3C(=O)c3ccccc3-c3ccccc3)CC(O)CCC5(C)C4CCC21C. The van der Waals surface area contributed by atoms with Gasteiger partial charge in [-0.15, -0.1) is 0 Å². The van der Waals surface area contributed by atoms with Crippen molar-refractivity contribution in [3.63, 3.8) is 0 Å². The number of aliphatic hydroxyl groups is 2. The summed E-state index contributed by atoms with van der Waals surface area (Å²) < 4.78 is 5.79. The van der Waals surface area contributed by atoms with Gasteiger partial charge in [-0.05, 0) is 142 Å². The van der Waals surface area contributed by atoms with Crippen molar-refractivity contribution in [2.75, 3.05) is 19.7 Å². The van der Waals surface area contributed by atoms with E-state index in [1.54, 1.807) is 0 Å². The van der Waals surface area contributed by atoms with E-state index in [4.69, 9.17) is 4.74 Å². The van der Waals surface area contributed by atoms with E-state index in [-0.39, 0.29) is 41.1 Å². The highest BCUT2D eigenvalue weighted by molar-refractivity contribution is 6.14. The lowest BCUT2D eigenvalue weighted by Crippen LogP contribution is -2.67. The quantitative estimate of drug-likeness (QED) is 0.208. The van der Waals surface area contributed by atoms with Crippen molar-refractivity contribution in [2.24, 2.45) is 56.7 Å². The molecule has 7 fully saturated rings. The first-order valence-corrected chi connectivity index (χ1v) is 21.8. The van der Waals surface area contributed by atoms with Gasteiger partial charge in [0.2, 0.25) is 0 Å². The summed E-state index contributed by atoms with van der Waals surface area (Å²) in [6.07, 6.45) is 19.5. The second kappa shape index (κ2) is 12.4. The van der Waals surface area contributed by atoms with Gasteiger partial charge in [0.15, 0.2) is 5.78 Å². The number of carbonyl (C=O) groups excluding carboxylic acids is 2. The molecular formula is C49H61NO5. The maximum absolute atomic E-state index is 15.5. The van der Waals surface area contributed by atoms with Crippen molar-refractivity contribution in [3.8, 4) is 11.1 Å². The Balaban J connectivity index is 1.05. The monoisotopic (exact) mass is 743 g/mol. The lowest BCUT2D eigenvalue weighted by Gasteiger charge is -2.71. The van der Waals surface area contributed by atoms with E-state index in [0.29, 0.717) is 31.6 Å². The molecule has 0 aromatic heterocycles. The van der Waals surface area contributed by atoms with Crippen LogP contribution in [-0.2, 0) is 4.74 Å². The number of nitrogens with zero attached hydrogens (tertiary/aromatic N) is 1. The van der Waals surface area contributed by atoms with E-state index in [0.717, 1.165) is 66.6 Å². The smallest absolute Gasteiger partial charge is 0.409 e. The fourth-order valence-electron chi connectivity index (χ4n) is 15.9. The molecule has 55 heavy (non-hydrogen) atoms. The first kappa shape index (κ1) is 36.1. The van der Waals surface area contributed by atoms with E-state index in [2.05, 4.69) is 50.3 Å². The average molecular weight is 744 g/mol. The Morgan fingerprint density at radius 2 is 1.42 bits per heavy atom. The van der Waals surface area contributed by atoms with Crippen LogP contribution in [0.25, 0.3) is 11.1 Å². The molecule has 0 radical (unpaired) electrons. The molecule has 2 aromatic rings. The Kier molecular flexibility index (Phi) is 8.14. The first-order valence-electron chi connectivity index (χ1n) is 21.8. The summed E-state index contributed by atoms with van der Waals surface area (Å²) in [7, 11) is 0. The molecule has 2 spiro atoms. The number of ketones is 1. The van der Waals surface area contributed by atoms with Crippen molar-refractivity contribution in [2.45, 2.75) is 116 Å². The van der Waals surface area contributed by atoms with Crippen LogP contribution in [-0.4, -0.2) is 58.4 Å². The molecule has 2 N–H and O–H groups in total. The number of fused-ring (bicyclic) bond motifs is 1. The zero-order valence-electron chi connectivity index (χ0n) is 33.3. The number of benzene rings is 2. The zero-order valence-corrected chi connectivity index (χ0v) is 33.3. The molecule has 6 heteroatoms. The number of hydrogen-bond donors (Lipinski definition) is 2. The number of amides is 1. The molecule has 6 nitrogen and oxygen atoms in total. The Morgan fingerprint density at radius 3 is 2.13 bits per heavy atom. The minimum atomic E-state index is -1.12. The summed E-state index contributed by atoms with van der Waals surface area (Å²) in [5.74, 6) is 2.62. The minimum Gasteiger partial charge on any atom is -0.450 e. The first-order chi connectivity index (χ1) is 26.4. The van der Waals surface area contributed by atoms with E-state index < -0.39 is 27.9 Å². The average Bonchev–Trinajstić information content (AvgIpc) is 3.43. The van der Waals surface area contributed by atoms with Crippen LogP contribution in [0.4, 0.5) is 4.79 Å². The molecular weight excluding hydrogens is 683 g/mol. The van der Waals surface area contributed by atoms with Gasteiger partial charge in [0.1, 0.15) is 0 Å². The van der Waals surface area contributed by atoms with Gasteiger partial charge >= 0.3 is 6.09 Å². The lowest BCUT2D eigenvalue weighted by molar-refractivity contribution is -0.177. The van der Waals surface area contributed by atoms with Gasteiger partial charge in [0.05, 0.1) is 24.9 Å². The van der Waals surface area contributed by atoms with Crippen LogP contribution in [0.3, 0.4) is 0 Å². The number of rotatable bonds is 8. The van der Waals surface area contributed by atoms with Gasteiger partial charge in [-0.3, -0.25) is 4.79 Å². The number of aliphatic hydroxyl groups excluding tert-OH is 1. The molecule has 292 valence electrons. The Labute approximate surface area is 327 Å². The Morgan fingerprint density at radius 1 is 0.782 bits per heavy atom. The minimum absolute atomic E-state index is 0.0182. The largest absolute Gasteiger partial charge is 0.450 e. The summed E-state index contributed by atoms with van der Waals surface area (Å²) in [6, 6.07) is 18.3. The third kappa shape index (κ3) is 5.04. The maximum atomic E-state index is 15.5. The normalized spacial score (nSPS) is 44.3. The molecule has 6 bridgehead atoms. The van der Waals surface area contributed by atoms with E-state index in [1.807, 2.05) is 48.2 Å². The van der Waals surface area contributed by atoms with E-state index in [1.165, 1.54) is 38.5 Å². The summed E-state index contributed by atoms with van der Waals surface area (Å²) >= 11 is 0. The topological polar surface area (TPSA) is 87.1 Å². The fourth-order valence-corrected chi connectivity index (χ4v) is 15.9. The number of Topliss-reactive ketones (excluding diaryl/α,β-unsaturated/α-hetero) is 1. The van der Waals surface area contributed by atoms with Gasteiger partial charge in [-0.1, -0.05) is 86.7 Å². The Bertz CT molecular complexity index is 1920. The van der Waals surface area contributed by atoms with Crippen LogP contribution in [0.5, 0.6) is 0 Å². The maximum Gasteiger partial charge on any atom is 0.409 e. The molecule has 2 aromatic carbocycles. The van der Waals surface area contributed by atoms with E-state index in [9.17, 15) is 15.0 Å². The highest BCUT2D eigenvalue weighted by Gasteiger charge is 2.74. The summed E-state index contributed by atoms with van der Waals surface area (Å²) in [4.78, 5) is 31.5. The molecule has 12 rings (SSSR count). The number of hydrogen-bond acceptors (Lipinski definition) is 5. The van der Waals surface area contributed by atoms with Crippen molar-refractivity contribution in [1.82, 2.24) is 4.90 Å². The highest BCUT2D eigenvalue weighted by atomic mass is 16.6. The van der Waals surface area contributed by atoms with Crippen molar-refractivity contribution < 1.29 is 24.5 Å². The molecule has 10 aliphatic rings. The van der Waals surface area contributed by atoms with Gasteiger partial charge in [0.25, 0.3) is 0 Å². The van der Waals surface area contributed by atoms with Gasteiger partial charge in [-0.2, -0.15) is 0 Å². The van der Waals surface area contributed by atoms with E-state index >= 15 is 4.79 Å². The van der Waals surface area contributed by atoms with Crippen LogP contribution in [0.2, 0.25) is 0 Å². The summed E-state index contributed by atoms with van der Waals surface area (Å²) in [5, 5.41) is 24.5. The van der Waals surface area contributed by atoms with Crippen molar-refractivity contribution in [3.05, 3.63) is 84.0 Å². The number of carbonyl (C=O) groups is 2. The zero-order chi connectivity index (χ0) is 38.0. The van der Waals surface area contributed by atoms with Crippen molar-refractivity contribution in [1.29, 1.82) is 0 Å². The molecule has 8 unspecified atom stereocenters. The summed E-state index contributed by atoms with van der Waals surface area (Å²) in [5.41, 5.74) is 0.951. The number of allylic oxidation sites excluding steroid dienone is 4. The second-order valence-corrected chi connectivity index (χ2v) is 20.5. The standard InChI is InChI=1S/C49H61NO5/c1-4-55-43(53)50(30-46-25-32-22-33(26-46)24-34(23-32)27-46)31-48(54)19-16-41-45(48,3)18-15-40-44(2)17-14-36(51)28-47(44)20-21-49(40,41)39(29-47)42(52)38-13-9-8-12-37(38)35-10-6-5-7-11-35/h5-13,20-21,29,32-34,36,40-41,51,54H,4,14-19,22-28,30-31H2,1-3H3. The van der Waals surface area contributed by atoms with Gasteiger partial charge in [0, 0.05) is 33.9 Å². The molecule has 0 heterocycles.